The van der Waals surface area contributed by atoms with Gasteiger partial charge in [0.05, 0.1) is 13.7 Å². The summed E-state index contributed by atoms with van der Waals surface area (Å²) in [5.74, 6) is 3.05. The summed E-state index contributed by atoms with van der Waals surface area (Å²) in [7, 11) is 3.89. The third-order valence-electron chi connectivity index (χ3n) is 6.25. The molecule has 0 saturated carbocycles. The maximum atomic E-state index is 12.7. The lowest BCUT2D eigenvalue weighted by Crippen LogP contribution is -2.33. The first kappa shape index (κ1) is 19.8. The van der Waals surface area contributed by atoms with Crippen molar-refractivity contribution in [2.75, 3.05) is 40.4 Å². The number of carbonyl (C=O) groups is 1. The van der Waals surface area contributed by atoms with Crippen LogP contribution < -0.4 is 9.47 Å². The Labute approximate surface area is 173 Å². The Bertz CT molecular complexity index is 809. The predicted octanol–water partition coefficient (Wildman–Crippen LogP) is 3.62. The Hall–Kier alpha value is -2.53. The highest BCUT2D eigenvalue weighted by Crippen LogP contribution is 2.44. The number of nitrogens with zero attached hydrogens (tertiary/aromatic N) is 2. The summed E-state index contributed by atoms with van der Waals surface area (Å²) < 4.78 is 11.0. The standard InChI is InChI=1S/C24H30N2O3/c1-25-15-19-16-26(23(27)9-6-14-29-21-7-4-3-5-8-21)17-22(19)24(25)18-10-12-20(28-2)13-11-18/h3-5,7-8,10-13,19,22,24H,6,9,14-17H2,1-2H3/t19-,22+,24-/m0/s1. The van der Waals surface area contributed by atoms with Gasteiger partial charge in [0.15, 0.2) is 0 Å². The van der Waals surface area contributed by atoms with Crippen LogP contribution in [0.5, 0.6) is 11.5 Å². The van der Waals surface area contributed by atoms with Gasteiger partial charge in [0.25, 0.3) is 0 Å². The van der Waals surface area contributed by atoms with Crippen LogP contribution in [0.2, 0.25) is 0 Å². The topological polar surface area (TPSA) is 42.0 Å². The fraction of sp³-hybridized carbons (Fsp3) is 0.458. The number of rotatable bonds is 7. The lowest BCUT2D eigenvalue weighted by Gasteiger charge is -2.27. The first-order valence-corrected chi connectivity index (χ1v) is 10.5. The van der Waals surface area contributed by atoms with Crippen LogP contribution in [-0.4, -0.2) is 56.1 Å². The van der Waals surface area contributed by atoms with Crippen LogP contribution in [0.3, 0.4) is 0 Å². The Morgan fingerprint density at radius 1 is 1.00 bits per heavy atom. The van der Waals surface area contributed by atoms with E-state index in [1.807, 2.05) is 42.5 Å². The fourth-order valence-corrected chi connectivity index (χ4v) is 4.85. The van der Waals surface area contributed by atoms with Crippen LogP contribution in [0.4, 0.5) is 0 Å². The van der Waals surface area contributed by atoms with E-state index in [-0.39, 0.29) is 5.91 Å². The highest BCUT2D eigenvalue weighted by atomic mass is 16.5. The second kappa shape index (κ2) is 8.87. The molecular weight excluding hydrogens is 364 g/mol. The van der Waals surface area contributed by atoms with Gasteiger partial charge in [-0.05, 0) is 49.2 Å². The van der Waals surface area contributed by atoms with Crippen molar-refractivity contribution in [2.24, 2.45) is 11.8 Å². The molecule has 5 nitrogen and oxygen atoms in total. The average Bonchev–Trinajstić information content (AvgIpc) is 3.28. The molecule has 154 valence electrons. The van der Waals surface area contributed by atoms with E-state index in [0.717, 1.165) is 37.6 Å². The number of para-hydroxylation sites is 1. The molecule has 2 aliphatic rings. The minimum Gasteiger partial charge on any atom is -0.497 e. The van der Waals surface area contributed by atoms with Crippen LogP contribution in [0.15, 0.2) is 54.6 Å². The van der Waals surface area contributed by atoms with Crippen molar-refractivity contribution >= 4 is 5.91 Å². The van der Waals surface area contributed by atoms with Gasteiger partial charge in [-0.25, -0.2) is 0 Å². The van der Waals surface area contributed by atoms with E-state index in [9.17, 15) is 4.79 Å². The molecule has 0 spiro atoms. The molecule has 0 N–H and O–H groups in total. The molecule has 2 aliphatic heterocycles. The minimum atomic E-state index is 0.257. The molecule has 3 atom stereocenters. The molecule has 1 amide bonds. The van der Waals surface area contributed by atoms with Gasteiger partial charge in [0.1, 0.15) is 11.5 Å². The zero-order valence-electron chi connectivity index (χ0n) is 17.3. The van der Waals surface area contributed by atoms with Gasteiger partial charge in [0.2, 0.25) is 5.91 Å². The lowest BCUT2D eigenvalue weighted by atomic mass is 9.89. The van der Waals surface area contributed by atoms with Crippen LogP contribution in [0, 0.1) is 11.8 Å². The number of methoxy groups -OCH3 is 1. The predicted molar refractivity (Wildman–Crippen MR) is 113 cm³/mol. The quantitative estimate of drug-likeness (QED) is 0.673. The zero-order valence-corrected chi connectivity index (χ0v) is 17.3. The second-order valence-electron chi connectivity index (χ2n) is 8.15. The molecule has 5 heteroatoms. The van der Waals surface area contributed by atoms with Gasteiger partial charge in [-0.3, -0.25) is 9.69 Å². The third-order valence-corrected chi connectivity index (χ3v) is 6.25. The largest absolute Gasteiger partial charge is 0.497 e. The van der Waals surface area contributed by atoms with Gasteiger partial charge in [-0.15, -0.1) is 0 Å². The van der Waals surface area contributed by atoms with Gasteiger partial charge < -0.3 is 14.4 Å². The van der Waals surface area contributed by atoms with Gasteiger partial charge >= 0.3 is 0 Å². The highest BCUT2D eigenvalue weighted by Gasteiger charge is 2.47. The summed E-state index contributed by atoms with van der Waals surface area (Å²) in [4.78, 5) is 17.2. The van der Waals surface area contributed by atoms with E-state index in [4.69, 9.17) is 9.47 Å². The molecule has 0 bridgehead atoms. The SMILES string of the molecule is COc1ccc([C@H]2[C@@H]3CN(C(=O)CCCOc4ccccc4)C[C@@H]3CN2C)cc1. The number of carbonyl (C=O) groups excluding carboxylic acids is 1. The zero-order chi connectivity index (χ0) is 20.2. The number of hydrogen-bond acceptors (Lipinski definition) is 4. The van der Waals surface area contributed by atoms with E-state index in [2.05, 4.69) is 29.0 Å². The Morgan fingerprint density at radius 3 is 2.48 bits per heavy atom. The second-order valence-corrected chi connectivity index (χ2v) is 8.15. The monoisotopic (exact) mass is 394 g/mol. The number of ether oxygens (including phenoxy) is 2. The van der Waals surface area contributed by atoms with Crippen molar-refractivity contribution < 1.29 is 14.3 Å². The van der Waals surface area contributed by atoms with E-state index in [1.54, 1.807) is 7.11 Å². The molecule has 29 heavy (non-hydrogen) atoms. The lowest BCUT2D eigenvalue weighted by molar-refractivity contribution is -0.130. The maximum Gasteiger partial charge on any atom is 0.222 e. The molecular formula is C24H30N2O3. The smallest absolute Gasteiger partial charge is 0.222 e. The maximum absolute atomic E-state index is 12.7. The van der Waals surface area contributed by atoms with Crippen molar-refractivity contribution in [3.05, 3.63) is 60.2 Å². The first-order chi connectivity index (χ1) is 14.2. The van der Waals surface area contributed by atoms with Crippen molar-refractivity contribution in [3.8, 4) is 11.5 Å². The Morgan fingerprint density at radius 2 is 1.76 bits per heavy atom. The van der Waals surface area contributed by atoms with Crippen LogP contribution >= 0.6 is 0 Å². The molecule has 0 unspecified atom stereocenters. The summed E-state index contributed by atoms with van der Waals surface area (Å²) in [5, 5.41) is 0. The highest BCUT2D eigenvalue weighted by molar-refractivity contribution is 5.76. The van der Waals surface area contributed by atoms with Crippen LogP contribution in [0.25, 0.3) is 0 Å². The van der Waals surface area contributed by atoms with E-state index in [0.29, 0.717) is 30.9 Å². The molecule has 2 aromatic rings. The van der Waals surface area contributed by atoms with Crippen molar-refractivity contribution in [1.29, 1.82) is 0 Å². The number of amides is 1. The van der Waals surface area contributed by atoms with E-state index in [1.165, 1.54) is 5.56 Å². The van der Waals surface area contributed by atoms with Crippen LogP contribution in [0.1, 0.15) is 24.4 Å². The molecule has 2 fully saturated rings. The summed E-state index contributed by atoms with van der Waals surface area (Å²) in [5.41, 5.74) is 1.31. The van der Waals surface area contributed by atoms with Gasteiger partial charge in [-0.2, -0.15) is 0 Å². The molecule has 2 saturated heterocycles. The van der Waals surface area contributed by atoms with Crippen molar-refractivity contribution in [3.63, 3.8) is 0 Å². The minimum absolute atomic E-state index is 0.257. The number of fused-ring (bicyclic) bond motifs is 1. The molecule has 4 rings (SSSR count). The fourth-order valence-electron chi connectivity index (χ4n) is 4.85. The van der Waals surface area contributed by atoms with Gasteiger partial charge in [-0.1, -0.05) is 30.3 Å². The third kappa shape index (κ3) is 4.40. The molecule has 0 aliphatic carbocycles. The van der Waals surface area contributed by atoms with Crippen LogP contribution in [-0.2, 0) is 4.79 Å². The van der Waals surface area contributed by atoms with Crippen molar-refractivity contribution in [1.82, 2.24) is 9.80 Å². The summed E-state index contributed by atoms with van der Waals surface area (Å²) in [6.07, 6.45) is 1.30. The number of benzene rings is 2. The summed E-state index contributed by atoms with van der Waals surface area (Å²) in [6, 6.07) is 18.5. The Kier molecular flexibility index (Phi) is 6.05. The molecule has 2 heterocycles. The Balaban J connectivity index is 1.30. The van der Waals surface area contributed by atoms with Gasteiger partial charge in [0, 0.05) is 38.0 Å². The molecule has 0 radical (unpaired) electrons. The number of likely N-dealkylation sites (tertiary alicyclic amines) is 2. The van der Waals surface area contributed by atoms with E-state index >= 15 is 0 Å². The summed E-state index contributed by atoms with van der Waals surface area (Å²) in [6.45, 7) is 3.35. The average molecular weight is 395 g/mol. The summed E-state index contributed by atoms with van der Waals surface area (Å²) >= 11 is 0. The first-order valence-electron chi connectivity index (χ1n) is 10.5. The molecule has 0 aromatic heterocycles. The number of hydrogen-bond donors (Lipinski definition) is 0. The van der Waals surface area contributed by atoms with Crippen molar-refractivity contribution in [2.45, 2.75) is 18.9 Å². The molecule has 2 aromatic carbocycles. The van der Waals surface area contributed by atoms with E-state index < -0.39 is 0 Å². The normalized spacial score (nSPS) is 23.8.